The predicted octanol–water partition coefficient (Wildman–Crippen LogP) is 6.02. The highest BCUT2D eigenvalue weighted by Gasteiger charge is 2.41. The quantitative estimate of drug-likeness (QED) is 0.217. The Labute approximate surface area is 304 Å². The Morgan fingerprint density at radius 2 is 1.69 bits per heavy atom. The van der Waals surface area contributed by atoms with E-state index in [-0.39, 0.29) is 24.3 Å². The third-order valence-corrected chi connectivity index (χ3v) is 11.7. The monoisotopic (exact) mass is 692 g/mol. The lowest BCUT2D eigenvalue weighted by Gasteiger charge is -2.37. The summed E-state index contributed by atoms with van der Waals surface area (Å²) in [5.41, 5.74) is 15.3. The number of piperidine rings is 1. The van der Waals surface area contributed by atoms with Crippen LogP contribution in [-0.4, -0.2) is 60.9 Å². The maximum absolute atomic E-state index is 13.6. The van der Waals surface area contributed by atoms with Gasteiger partial charge in [0.05, 0.1) is 17.3 Å². The highest BCUT2D eigenvalue weighted by Crippen LogP contribution is 2.42. The average Bonchev–Trinajstić information content (AvgIpc) is 3.45. The van der Waals surface area contributed by atoms with Crippen molar-refractivity contribution in [2.45, 2.75) is 69.5 Å². The maximum Gasteiger partial charge on any atom is 0.259 e. The molecule has 3 N–H and O–H groups in total. The van der Waals surface area contributed by atoms with Gasteiger partial charge in [-0.25, -0.2) is 0 Å². The number of benzene rings is 4. The van der Waals surface area contributed by atoms with Gasteiger partial charge in [0.25, 0.3) is 5.91 Å². The van der Waals surface area contributed by atoms with E-state index in [0.29, 0.717) is 24.3 Å². The summed E-state index contributed by atoms with van der Waals surface area (Å²) in [7, 11) is 0. The molecule has 0 bridgehead atoms. The zero-order chi connectivity index (χ0) is 35.9. The van der Waals surface area contributed by atoms with E-state index < -0.39 is 11.9 Å². The van der Waals surface area contributed by atoms with Crippen LogP contribution in [-0.2, 0) is 22.6 Å². The van der Waals surface area contributed by atoms with E-state index in [1.165, 1.54) is 16.8 Å². The van der Waals surface area contributed by atoms with E-state index in [9.17, 15) is 19.6 Å². The lowest BCUT2D eigenvalue weighted by atomic mass is 9.80. The van der Waals surface area contributed by atoms with Crippen LogP contribution < -0.4 is 20.9 Å². The second-order valence-corrected chi connectivity index (χ2v) is 14.8. The number of carbonyl (C=O) groups is 3. The number of nitrogens with one attached hydrogen (secondary N) is 1. The molecule has 0 unspecified atom stereocenters. The van der Waals surface area contributed by atoms with Crippen molar-refractivity contribution >= 4 is 45.9 Å². The van der Waals surface area contributed by atoms with Crippen LogP contribution in [0, 0.1) is 11.3 Å². The summed E-state index contributed by atoms with van der Waals surface area (Å²) in [4.78, 5) is 44.7. The molecular formula is C43H44N6O3. The number of rotatable bonds is 8. The van der Waals surface area contributed by atoms with Crippen LogP contribution >= 0.6 is 0 Å². The molecule has 0 spiro atoms. The summed E-state index contributed by atoms with van der Waals surface area (Å²) in [5, 5.41) is 14.1. The largest absolute Gasteiger partial charge is 0.369 e. The number of carbonyl (C=O) groups excluding carboxylic acids is 3. The number of amides is 3. The van der Waals surface area contributed by atoms with Crippen molar-refractivity contribution in [3.05, 3.63) is 112 Å². The van der Waals surface area contributed by atoms with E-state index in [0.717, 1.165) is 97.1 Å². The highest BCUT2D eigenvalue weighted by atomic mass is 16.2. The van der Waals surface area contributed by atoms with Gasteiger partial charge in [0, 0.05) is 61.8 Å². The maximum atomic E-state index is 13.6. The van der Waals surface area contributed by atoms with E-state index in [2.05, 4.69) is 64.2 Å². The molecule has 2 saturated heterocycles. The SMILES string of the molecule is C=Cc1cc(CN2CCN(c3ccc(C#N)c(C4CCC(N)CC4)c3)CC2)ccc1Cc1ccc2c3c(cccc13)C(=O)N2[C@H]1CCC(=O)NC1=O. The smallest absolute Gasteiger partial charge is 0.259 e. The Hall–Kier alpha value is -5.30. The standard InChI is InChI=1S/C43H44N6O3/c1-2-28-22-27(26-47-18-20-48(21-19-47)34-14-10-32(25-44)37(24-34)29-8-12-33(45)13-9-29)6-7-30(28)23-31-11-15-38-41-35(31)4-3-5-36(41)43(52)49(38)39-16-17-40(50)46-42(39)51/h2-7,10-11,14-15,22,24,29,33,39H,1,8-9,12-13,16-21,23,26,45H2,(H,46,50,51)/t29?,33?,39-/m0/s1. The minimum absolute atomic E-state index is 0.198. The minimum Gasteiger partial charge on any atom is -0.369 e. The van der Waals surface area contributed by atoms with Crippen molar-refractivity contribution in [2.24, 2.45) is 5.73 Å². The van der Waals surface area contributed by atoms with Crippen LogP contribution in [0.4, 0.5) is 11.4 Å². The van der Waals surface area contributed by atoms with Crippen LogP contribution in [0.3, 0.4) is 0 Å². The van der Waals surface area contributed by atoms with Crippen LogP contribution in [0.2, 0.25) is 0 Å². The van der Waals surface area contributed by atoms with Gasteiger partial charge in [-0.3, -0.25) is 29.5 Å². The first-order chi connectivity index (χ1) is 25.3. The van der Waals surface area contributed by atoms with Gasteiger partial charge >= 0.3 is 0 Å². The van der Waals surface area contributed by atoms with Crippen molar-refractivity contribution < 1.29 is 14.4 Å². The molecule has 4 aromatic carbocycles. The van der Waals surface area contributed by atoms with Crippen LogP contribution in [0.1, 0.15) is 88.2 Å². The predicted molar refractivity (Wildman–Crippen MR) is 204 cm³/mol. The number of hydrogen-bond acceptors (Lipinski definition) is 7. The molecule has 9 nitrogen and oxygen atoms in total. The van der Waals surface area contributed by atoms with E-state index in [1.54, 1.807) is 4.90 Å². The molecule has 1 saturated carbocycles. The molecule has 264 valence electrons. The van der Waals surface area contributed by atoms with E-state index >= 15 is 0 Å². The second-order valence-electron chi connectivity index (χ2n) is 14.8. The normalized spacial score (nSPS) is 22.1. The van der Waals surface area contributed by atoms with Gasteiger partial charge in [0.15, 0.2) is 0 Å². The van der Waals surface area contributed by atoms with Crippen LogP contribution in [0.5, 0.6) is 0 Å². The van der Waals surface area contributed by atoms with Crippen molar-refractivity contribution in [1.29, 1.82) is 5.26 Å². The van der Waals surface area contributed by atoms with Gasteiger partial charge in [0.1, 0.15) is 6.04 Å². The van der Waals surface area contributed by atoms with E-state index in [4.69, 9.17) is 5.73 Å². The zero-order valence-corrected chi connectivity index (χ0v) is 29.4. The van der Waals surface area contributed by atoms with Crippen molar-refractivity contribution in [2.75, 3.05) is 36.0 Å². The van der Waals surface area contributed by atoms with Gasteiger partial charge in [-0.2, -0.15) is 5.26 Å². The Balaban J connectivity index is 0.950. The lowest BCUT2D eigenvalue weighted by Crippen LogP contribution is -2.53. The molecule has 1 atom stereocenters. The van der Waals surface area contributed by atoms with Gasteiger partial charge in [-0.1, -0.05) is 49.1 Å². The molecule has 4 aromatic rings. The summed E-state index contributed by atoms with van der Waals surface area (Å²) in [6, 6.07) is 24.8. The summed E-state index contributed by atoms with van der Waals surface area (Å²) < 4.78 is 0. The Morgan fingerprint density at radius 1 is 0.904 bits per heavy atom. The summed E-state index contributed by atoms with van der Waals surface area (Å²) in [5.74, 6) is -0.509. The molecule has 1 aliphatic carbocycles. The molecule has 3 heterocycles. The molecule has 4 aliphatic rings. The topological polar surface area (TPSA) is 123 Å². The van der Waals surface area contributed by atoms with Crippen LogP contribution in [0.25, 0.3) is 16.8 Å². The van der Waals surface area contributed by atoms with Crippen molar-refractivity contribution in [3.8, 4) is 6.07 Å². The lowest BCUT2D eigenvalue weighted by molar-refractivity contribution is -0.134. The number of imide groups is 1. The average molecular weight is 693 g/mol. The molecule has 3 amide bonds. The van der Waals surface area contributed by atoms with Crippen LogP contribution in [0.15, 0.2) is 73.3 Å². The molecule has 0 aromatic heterocycles. The number of nitriles is 1. The molecule has 52 heavy (non-hydrogen) atoms. The summed E-state index contributed by atoms with van der Waals surface area (Å²) >= 11 is 0. The number of anilines is 2. The number of nitrogens with zero attached hydrogens (tertiary/aromatic N) is 4. The third kappa shape index (κ3) is 6.27. The van der Waals surface area contributed by atoms with Gasteiger partial charge in [0.2, 0.25) is 11.8 Å². The zero-order valence-electron chi connectivity index (χ0n) is 29.4. The fraction of sp³-hybridized carbons (Fsp3) is 0.349. The Kier molecular flexibility index (Phi) is 9.12. The third-order valence-electron chi connectivity index (χ3n) is 11.7. The Morgan fingerprint density at radius 3 is 2.44 bits per heavy atom. The molecule has 0 radical (unpaired) electrons. The van der Waals surface area contributed by atoms with Crippen molar-refractivity contribution in [1.82, 2.24) is 10.2 Å². The minimum atomic E-state index is -0.704. The van der Waals surface area contributed by atoms with Gasteiger partial charge in [-0.05, 0) is 108 Å². The molecule has 3 aliphatic heterocycles. The summed E-state index contributed by atoms with van der Waals surface area (Å²) in [6.07, 6.45) is 7.27. The first kappa shape index (κ1) is 33.8. The first-order valence-corrected chi connectivity index (χ1v) is 18.5. The highest BCUT2D eigenvalue weighted by molar-refractivity contribution is 6.27. The molecular weight excluding hydrogens is 649 g/mol. The molecule has 9 heteroatoms. The van der Waals surface area contributed by atoms with E-state index in [1.807, 2.05) is 36.4 Å². The fourth-order valence-corrected chi connectivity index (χ4v) is 8.80. The number of nitrogens with two attached hydrogens (primary N) is 1. The molecule has 8 rings (SSSR count). The molecule has 3 fully saturated rings. The second kappa shape index (κ2) is 14.0. The fourth-order valence-electron chi connectivity index (χ4n) is 8.80. The van der Waals surface area contributed by atoms with Gasteiger partial charge < -0.3 is 10.6 Å². The summed E-state index contributed by atoms with van der Waals surface area (Å²) in [6.45, 7) is 8.77. The number of hydrogen-bond donors (Lipinski definition) is 2. The van der Waals surface area contributed by atoms with Gasteiger partial charge in [-0.15, -0.1) is 0 Å². The van der Waals surface area contributed by atoms with Crippen molar-refractivity contribution in [3.63, 3.8) is 0 Å². The number of piperazine rings is 1. The first-order valence-electron chi connectivity index (χ1n) is 18.5. The Bertz CT molecular complexity index is 2140.